The highest BCUT2D eigenvalue weighted by molar-refractivity contribution is 7.89. The first-order chi connectivity index (χ1) is 16.8. The van der Waals surface area contributed by atoms with Crippen molar-refractivity contribution in [3.05, 3.63) is 59.8 Å². The van der Waals surface area contributed by atoms with Crippen LogP contribution in [-0.2, 0) is 21.2 Å². The molecule has 9 heteroatoms. The Bertz CT molecular complexity index is 1230. The van der Waals surface area contributed by atoms with Crippen LogP contribution in [0.2, 0.25) is 0 Å². The second kappa shape index (κ2) is 11.5. The van der Waals surface area contributed by atoms with Gasteiger partial charge >= 0.3 is 0 Å². The van der Waals surface area contributed by atoms with E-state index in [1.165, 1.54) is 28.6 Å². The number of benzene rings is 2. The maximum Gasteiger partial charge on any atom is 0.282 e. The van der Waals surface area contributed by atoms with E-state index in [0.29, 0.717) is 36.5 Å². The lowest BCUT2D eigenvalue weighted by molar-refractivity contribution is -0.114. The molecule has 0 aliphatic carbocycles. The number of ether oxygens (including phenoxy) is 1. The molecule has 0 saturated carbocycles. The topological polar surface area (TPSA) is 91.3 Å². The second-order valence-electron chi connectivity index (χ2n) is 8.05. The summed E-state index contributed by atoms with van der Waals surface area (Å²) in [4.78, 5) is 13.6. The van der Waals surface area contributed by atoms with Gasteiger partial charge in [0.05, 0.1) is 23.3 Å². The molecule has 1 N–H and O–H groups in total. The summed E-state index contributed by atoms with van der Waals surface area (Å²) in [6.45, 7) is 8.37. The van der Waals surface area contributed by atoms with E-state index in [1.807, 2.05) is 31.2 Å². The molecule has 8 nitrogen and oxygen atoms in total. The molecule has 0 atom stereocenters. The van der Waals surface area contributed by atoms with Gasteiger partial charge in [0.25, 0.3) is 5.91 Å². The van der Waals surface area contributed by atoms with Gasteiger partial charge in [-0.05, 0) is 42.7 Å². The van der Waals surface area contributed by atoms with Gasteiger partial charge in [-0.25, -0.2) is 8.42 Å². The quantitative estimate of drug-likeness (QED) is 0.450. The van der Waals surface area contributed by atoms with Gasteiger partial charge in [-0.2, -0.15) is 14.4 Å². The van der Waals surface area contributed by atoms with Crippen molar-refractivity contribution in [1.29, 1.82) is 0 Å². The van der Waals surface area contributed by atoms with Crippen molar-refractivity contribution in [3.8, 4) is 5.75 Å². The number of nitrogens with zero attached hydrogens (tertiary/aromatic N) is 3. The number of para-hydroxylation sites is 1. The third-order valence-corrected chi connectivity index (χ3v) is 7.98. The summed E-state index contributed by atoms with van der Waals surface area (Å²) in [5.41, 5.74) is 3.43. The molecule has 0 bridgehead atoms. The molecule has 2 aromatic rings. The smallest absolute Gasteiger partial charge is 0.282 e. The van der Waals surface area contributed by atoms with E-state index in [0.717, 1.165) is 24.1 Å². The van der Waals surface area contributed by atoms with E-state index in [1.54, 1.807) is 26.1 Å². The molecule has 1 aliphatic heterocycles. The van der Waals surface area contributed by atoms with Gasteiger partial charge in [0.15, 0.2) is 0 Å². The molecule has 3 rings (SSSR count). The van der Waals surface area contributed by atoms with E-state index in [4.69, 9.17) is 4.74 Å². The van der Waals surface area contributed by atoms with E-state index in [-0.39, 0.29) is 16.5 Å². The molecule has 0 fully saturated rings. The Balaban J connectivity index is 2.04. The monoisotopic (exact) mass is 498 g/mol. The minimum Gasteiger partial charge on any atom is -0.494 e. The van der Waals surface area contributed by atoms with Crippen molar-refractivity contribution < 1.29 is 17.9 Å². The van der Waals surface area contributed by atoms with Crippen LogP contribution in [0.1, 0.15) is 46.1 Å². The third kappa shape index (κ3) is 5.41. The number of methoxy groups -OCH3 is 1. The minimum absolute atomic E-state index is 0.0875. The highest BCUT2D eigenvalue weighted by atomic mass is 32.2. The predicted octanol–water partition coefficient (Wildman–Crippen LogP) is 4.79. The number of hydrogen-bond donors (Lipinski definition) is 1. The normalized spacial score (nSPS) is 15.1. The molecule has 0 unspecified atom stereocenters. The van der Waals surface area contributed by atoms with E-state index in [2.05, 4.69) is 17.3 Å². The summed E-state index contributed by atoms with van der Waals surface area (Å²) in [6, 6.07) is 12.4. The molecule has 0 spiro atoms. The minimum atomic E-state index is -3.72. The van der Waals surface area contributed by atoms with Crippen LogP contribution in [0.4, 0.5) is 11.4 Å². The summed E-state index contributed by atoms with van der Waals surface area (Å²) in [6.07, 6.45) is 3.95. The number of anilines is 2. The number of sulfonamides is 1. The number of aryl methyl sites for hydroxylation is 1. The molecule has 35 heavy (non-hydrogen) atoms. The summed E-state index contributed by atoms with van der Waals surface area (Å²) in [5, 5.41) is 9.09. The molecule has 1 aliphatic rings. The van der Waals surface area contributed by atoms with Gasteiger partial charge in [0.2, 0.25) is 10.0 Å². The first-order valence-electron chi connectivity index (χ1n) is 12.0. The van der Waals surface area contributed by atoms with Crippen molar-refractivity contribution in [3.63, 3.8) is 0 Å². The number of rotatable bonds is 11. The van der Waals surface area contributed by atoms with Gasteiger partial charge in [-0.3, -0.25) is 4.79 Å². The van der Waals surface area contributed by atoms with Gasteiger partial charge in [-0.15, -0.1) is 0 Å². The number of nitrogens with one attached hydrogen (secondary N) is 1. The van der Waals surface area contributed by atoms with E-state index >= 15 is 0 Å². The molecule has 188 valence electrons. The standard InChI is InChI=1S/C26H34N4O4S/c1-6-12-23-21(18-27-22-14-11-10-13-19(22)7-2)26(31)30(28-23)24-17-20(15-16-25(24)34-5)35(32,33)29(8-3)9-4/h10-11,13-18,27H,6-9,12H2,1-5H3. The summed E-state index contributed by atoms with van der Waals surface area (Å²) in [7, 11) is -2.24. The SMILES string of the molecule is CCCC1=NN(c2cc(S(=O)(=O)N(CC)CC)ccc2OC)C(=O)C1=CNc1ccccc1CC. The van der Waals surface area contributed by atoms with Crippen LogP contribution in [0, 0.1) is 0 Å². The summed E-state index contributed by atoms with van der Waals surface area (Å²) < 4.78 is 33.1. The Kier molecular flexibility index (Phi) is 8.69. The zero-order chi connectivity index (χ0) is 25.6. The van der Waals surface area contributed by atoms with Gasteiger partial charge < -0.3 is 10.1 Å². The highest BCUT2D eigenvalue weighted by Crippen LogP contribution is 2.36. The maximum absolute atomic E-state index is 13.5. The number of amides is 1. The van der Waals surface area contributed by atoms with E-state index < -0.39 is 10.0 Å². The zero-order valence-electron chi connectivity index (χ0n) is 21.0. The van der Waals surface area contributed by atoms with Crippen LogP contribution < -0.4 is 15.1 Å². The molecular weight excluding hydrogens is 464 g/mol. The Morgan fingerprint density at radius 2 is 1.80 bits per heavy atom. The second-order valence-corrected chi connectivity index (χ2v) is 9.99. The highest BCUT2D eigenvalue weighted by Gasteiger charge is 2.34. The van der Waals surface area contributed by atoms with Crippen molar-refractivity contribution in [2.45, 2.75) is 51.9 Å². The molecule has 1 heterocycles. The summed E-state index contributed by atoms with van der Waals surface area (Å²) in [5.74, 6) is 0.0209. The average Bonchev–Trinajstić information content (AvgIpc) is 3.17. The Morgan fingerprint density at radius 3 is 2.43 bits per heavy atom. The lowest BCUT2D eigenvalue weighted by Crippen LogP contribution is -2.31. The van der Waals surface area contributed by atoms with Gasteiger partial charge in [0, 0.05) is 25.0 Å². The third-order valence-electron chi connectivity index (χ3n) is 5.93. The number of hydrazone groups is 1. The Labute approximate surface area is 208 Å². The maximum atomic E-state index is 13.5. The fourth-order valence-corrected chi connectivity index (χ4v) is 5.49. The zero-order valence-corrected chi connectivity index (χ0v) is 21.9. The lowest BCUT2D eigenvalue weighted by atomic mass is 10.1. The number of hydrogen-bond acceptors (Lipinski definition) is 6. The van der Waals surface area contributed by atoms with Crippen molar-refractivity contribution in [1.82, 2.24) is 4.31 Å². The first kappa shape index (κ1) is 26.4. The Hall–Kier alpha value is -3.17. The fraction of sp³-hybridized carbons (Fsp3) is 0.385. The Morgan fingerprint density at radius 1 is 1.09 bits per heavy atom. The summed E-state index contributed by atoms with van der Waals surface area (Å²) >= 11 is 0. The molecule has 0 aromatic heterocycles. The number of carbonyl (C=O) groups is 1. The first-order valence-corrected chi connectivity index (χ1v) is 13.4. The van der Waals surface area contributed by atoms with Crippen LogP contribution in [0.3, 0.4) is 0 Å². The van der Waals surface area contributed by atoms with Crippen LogP contribution >= 0.6 is 0 Å². The fourth-order valence-electron chi connectivity index (χ4n) is 4.02. The van der Waals surface area contributed by atoms with Crippen LogP contribution in [0.5, 0.6) is 5.75 Å². The average molecular weight is 499 g/mol. The molecule has 2 aromatic carbocycles. The van der Waals surface area contributed by atoms with Crippen LogP contribution in [0.25, 0.3) is 0 Å². The molecule has 0 radical (unpaired) electrons. The van der Waals surface area contributed by atoms with Crippen LogP contribution in [0.15, 0.2) is 64.2 Å². The largest absolute Gasteiger partial charge is 0.494 e. The molecule has 1 amide bonds. The van der Waals surface area contributed by atoms with Crippen LogP contribution in [-0.4, -0.2) is 44.5 Å². The predicted molar refractivity (Wildman–Crippen MR) is 140 cm³/mol. The van der Waals surface area contributed by atoms with Gasteiger partial charge in [0.1, 0.15) is 11.4 Å². The molecular formula is C26H34N4O4S. The van der Waals surface area contributed by atoms with Crippen molar-refractivity contribution in [2.24, 2.45) is 5.10 Å². The van der Waals surface area contributed by atoms with E-state index in [9.17, 15) is 13.2 Å². The number of carbonyl (C=O) groups excluding carboxylic acids is 1. The lowest BCUT2D eigenvalue weighted by Gasteiger charge is -2.21. The van der Waals surface area contributed by atoms with Crippen molar-refractivity contribution in [2.75, 3.05) is 30.5 Å². The van der Waals surface area contributed by atoms with Gasteiger partial charge in [-0.1, -0.05) is 52.3 Å². The van der Waals surface area contributed by atoms with Crippen molar-refractivity contribution >= 4 is 33.0 Å². The molecule has 0 saturated heterocycles.